The summed E-state index contributed by atoms with van der Waals surface area (Å²) in [5.41, 5.74) is 2.78. The fraction of sp³-hybridized carbons (Fsp3) is 0.154. The predicted molar refractivity (Wildman–Crippen MR) is 67.2 cm³/mol. The van der Waals surface area contributed by atoms with E-state index in [2.05, 4.69) is 20.9 Å². The Morgan fingerprint density at radius 2 is 2.12 bits per heavy atom. The van der Waals surface area contributed by atoms with Crippen LogP contribution in [-0.4, -0.2) is 10.1 Å². The first kappa shape index (κ1) is 11.3. The van der Waals surface area contributed by atoms with E-state index in [1.165, 1.54) is 0 Å². The van der Waals surface area contributed by atoms with E-state index in [4.69, 9.17) is 0 Å². The van der Waals surface area contributed by atoms with E-state index in [9.17, 15) is 5.11 Å². The molecule has 0 radical (unpaired) electrons. The minimum absolute atomic E-state index is 0.619. The molecule has 0 aliphatic rings. The Morgan fingerprint density at radius 1 is 1.31 bits per heavy atom. The van der Waals surface area contributed by atoms with Crippen LogP contribution in [0.3, 0.4) is 0 Å². The smallest absolute Gasteiger partial charge is 0.106 e. The summed E-state index contributed by atoms with van der Waals surface area (Å²) in [4.78, 5) is 4.01. The highest BCUT2D eigenvalue weighted by Gasteiger charge is 2.12. The van der Waals surface area contributed by atoms with Gasteiger partial charge in [0.2, 0.25) is 0 Å². The van der Waals surface area contributed by atoms with E-state index >= 15 is 0 Å². The summed E-state index contributed by atoms with van der Waals surface area (Å²) in [6.45, 7) is 1.99. The van der Waals surface area contributed by atoms with Crippen LogP contribution < -0.4 is 0 Å². The summed E-state index contributed by atoms with van der Waals surface area (Å²) in [5.74, 6) is 0. The first-order valence-electron chi connectivity index (χ1n) is 5.02. The van der Waals surface area contributed by atoms with Crippen LogP contribution >= 0.6 is 15.9 Å². The second-order valence-corrected chi connectivity index (χ2v) is 4.61. The zero-order valence-corrected chi connectivity index (χ0v) is 10.5. The lowest BCUT2D eigenvalue weighted by atomic mass is 9.99. The van der Waals surface area contributed by atoms with Crippen molar-refractivity contribution >= 4 is 15.9 Å². The number of aromatic nitrogens is 1. The number of hydrogen-bond donors (Lipinski definition) is 1. The van der Waals surface area contributed by atoms with Crippen molar-refractivity contribution in [3.63, 3.8) is 0 Å². The van der Waals surface area contributed by atoms with Crippen molar-refractivity contribution < 1.29 is 5.11 Å². The first-order valence-corrected chi connectivity index (χ1v) is 5.82. The molecule has 0 bridgehead atoms. The number of nitrogens with zero attached hydrogens (tertiary/aromatic N) is 1. The van der Waals surface area contributed by atoms with Gasteiger partial charge in [0, 0.05) is 22.4 Å². The van der Waals surface area contributed by atoms with Gasteiger partial charge in [0.1, 0.15) is 6.10 Å². The third-order valence-electron chi connectivity index (χ3n) is 2.54. The average Bonchev–Trinajstić information content (AvgIpc) is 2.32. The highest BCUT2D eigenvalue weighted by atomic mass is 79.9. The molecule has 0 spiro atoms. The Hall–Kier alpha value is -1.19. The molecule has 0 fully saturated rings. The minimum Gasteiger partial charge on any atom is -0.384 e. The van der Waals surface area contributed by atoms with Crippen molar-refractivity contribution in [2.75, 3.05) is 0 Å². The number of pyridine rings is 1. The lowest BCUT2D eigenvalue weighted by Gasteiger charge is -2.14. The fourth-order valence-corrected chi connectivity index (χ4v) is 2.00. The van der Waals surface area contributed by atoms with Gasteiger partial charge in [0.15, 0.2) is 0 Å². The first-order chi connectivity index (χ1) is 7.68. The highest BCUT2D eigenvalue weighted by Crippen LogP contribution is 2.26. The molecule has 2 nitrogen and oxygen atoms in total. The number of aliphatic hydroxyl groups is 1. The minimum atomic E-state index is -0.619. The summed E-state index contributed by atoms with van der Waals surface area (Å²) in [6, 6.07) is 9.59. The van der Waals surface area contributed by atoms with Crippen LogP contribution in [0.2, 0.25) is 0 Å². The quantitative estimate of drug-likeness (QED) is 0.914. The van der Waals surface area contributed by atoms with E-state index < -0.39 is 6.10 Å². The fourth-order valence-electron chi connectivity index (χ4n) is 1.62. The predicted octanol–water partition coefficient (Wildman–Crippen LogP) is 3.23. The maximum absolute atomic E-state index is 10.2. The van der Waals surface area contributed by atoms with Gasteiger partial charge in [-0.2, -0.15) is 0 Å². The molecule has 1 heterocycles. The van der Waals surface area contributed by atoms with Crippen LogP contribution in [0.25, 0.3) is 0 Å². The van der Waals surface area contributed by atoms with Crippen molar-refractivity contribution in [2.24, 2.45) is 0 Å². The normalized spacial score (nSPS) is 12.4. The molecule has 0 aliphatic heterocycles. The molecule has 16 heavy (non-hydrogen) atoms. The number of aryl methyl sites for hydroxylation is 1. The molecule has 0 saturated heterocycles. The van der Waals surface area contributed by atoms with Gasteiger partial charge in [-0.1, -0.05) is 28.1 Å². The van der Waals surface area contributed by atoms with E-state index in [1.54, 1.807) is 12.4 Å². The molecule has 0 aliphatic carbocycles. The molecule has 1 N–H and O–H groups in total. The molecule has 3 heteroatoms. The van der Waals surface area contributed by atoms with Crippen LogP contribution in [-0.2, 0) is 0 Å². The molecule has 0 amide bonds. The largest absolute Gasteiger partial charge is 0.384 e. The van der Waals surface area contributed by atoms with E-state index in [1.807, 2.05) is 37.3 Å². The maximum atomic E-state index is 10.2. The highest BCUT2D eigenvalue weighted by molar-refractivity contribution is 9.10. The van der Waals surface area contributed by atoms with Crippen LogP contribution in [0.5, 0.6) is 0 Å². The molecule has 1 atom stereocenters. The Bertz CT molecular complexity index is 485. The summed E-state index contributed by atoms with van der Waals surface area (Å²) >= 11 is 3.41. The lowest BCUT2D eigenvalue weighted by molar-refractivity contribution is 0.219. The topological polar surface area (TPSA) is 33.1 Å². The number of rotatable bonds is 2. The molecule has 1 aromatic carbocycles. The number of halogens is 1. The Balaban J connectivity index is 2.41. The maximum Gasteiger partial charge on any atom is 0.106 e. The molecule has 2 aromatic rings. The number of aliphatic hydroxyl groups excluding tert-OH is 1. The van der Waals surface area contributed by atoms with Crippen molar-refractivity contribution in [3.8, 4) is 0 Å². The van der Waals surface area contributed by atoms with Gasteiger partial charge in [-0.15, -0.1) is 0 Å². The summed E-state index contributed by atoms with van der Waals surface area (Å²) in [7, 11) is 0. The molecular formula is C13H12BrNO. The van der Waals surface area contributed by atoms with Gasteiger partial charge in [-0.05, 0) is 36.2 Å². The van der Waals surface area contributed by atoms with Crippen LogP contribution in [0.1, 0.15) is 22.8 Å². The number of benzene rings is 1. The van der Waals surface area contributed by atoms with E-state index in [0.717, 1.165) is 21.2 Å². The Morgan fingerprint density at radius 3 is 2.81 bits per heavy atom. The van der Waals surface area contributed by atoms with Crippen molar-refractivity contribution in [2.45, 2.75) is 13.0 Å². The lowest BCUT2D eigenvalue weighted by Crippen LogP contribution is -2.02. The Kier molecular flexibility index (Phi) is 3.36. The van der Waals surface area contributed by atoms with Gasteiger partial charge in [0.25, 0.3) is 0 Å². The third kappa shape index (κ3) is 2.31. The van der Waals surface area contributed by atoms with E-state index in [0.29, 0.717) is 0 Å². The third-order valence-corrected chi connectivity index (χ3v) is 3.03. The average molecular weight is 278 g/mol. The standard InChI is InChI=1S/C13H12BrNO/c1-9-4-5-11(14)7-12(9)13(16)10-3-2-6-15-8-10/h2-8,13,16H,1H3. The molecular weight excluding hydrogens is 266 g/mol. The molecule has 82 valence electrons. The molecule has 1 unspecified atom stereocenters. The van der Waals surface area contributed by atoms with Crippen molar-refractivity contribution in [1.82, 2.24) is 4.98 Å². The summed E-state index contributed by atoms with van der Waals surface area (Å²) in [6.07, 6.45) is 2.76. The van der Waals surface area contributed by atoms with Gasteiger partial charge < -0.3 is 5.11 Å². The number of hydrogen-bond acceptors (Lipinski definition) is 2. The molecule has 0 saturated carbocycles. The molecule has 2 rings (SSSR count). The zero-order chi connectivity index (χ0) is 11.5. The van der Waals surface area contributed by atoms with Crippen LogP contribution in [0.4, 0.5) is 0 Å². The SMILES string of the molecule is Cc1ccc(Br)cc1C(O)c1cccnc1. The monoisotopic (exact) mass is 277 g/mol. The van der Waals surface area contributed by atoms with Gasteiger partial charge in [0.05, 0.1) is 0 Å². The van der Waals surface area contributed by atoms with Crippen LogP contribution in [0, 0.1) is 6.92 Å². The van der Waals surface area contributed by atoms with Gasteiger partial charge >= 0.3 is 0 Å². The summed E-state index contributed by atoms with van der Waals surface area (Å²) in [5, 5.41) is 10.2. The second kappa shape index (κ2) is 4.76. The molecule has 1 aromatic heterocycles. The Labute approximate surface area is 103 Å². The van der Waals surface area contributed by atoms with E-state index in [-0.39, 0.29) is 0 Å². The zero-order valence-electron chi connectivity index (χ0n) is 8.89. The van der Waals surface area contributed by atoms with Crippen molar-refractivity contribution in [3.05, 3.63) is 63.9 Å². The second-order valence-electron chi connectivity index (χ2n) is 3.69. The van der Waals surface area contributed by atoms with Crippen LogP contribution in [0.15, 0.2) is 47.2 Å². The summed E-state index contributed by atoms with van der Waals surface area (Å²) < 4.78 is 0.969. The van der Waals surface area contributed by atoms with Gasteiger partial charge in [-0.3, -0.25) is 4.98 Å². The van der Waals surface area contributed by atoms with Gasteiger partial charge in [-0.25, -0.2) is 0 Å². The van der Waals surface area contributed by atoms with Crippen molar-refractivity contribution in [1.29, 1.82) is 0 Å².